The Morgan fingerprint density at radius 2 is 2.14 bits per heavy atom. The molecular formula is C14H17N3O3S. The molecule has 0 saturated heterocycles. The number of nitro groups is 1. The van der Waals surface area contributed by atoms with E-state index in [1.807, 2.05) is 20.8 Å². The molecule has 0 bridgehead atoms. The second-order valence-electron chi connectivity index (χ2n) is 4.69. The number of anilines is 1. The SMILES string of the molecule is COc1ccc([N+](=O)[O-])cc1NC(C)c1sc(C)nc1C. The summed E-state index contributed by atoms with van der Waals surface area (Å²) in [6.07, 6.45) is 0. The number of nitrogens with zero attached hydrogens (tertiary/aromatic N) is 2. The molecule has 1 aromatic heterocycles. The fourth-order valence-corrected chi connectivity index (χ4v) is 3.10. The molecule has 1 atom stereocenters. The van der Waals surface area contributed by atoms with Gasteiger partial charge in [0.25, 0.3) is 5.69 Å². The highest BCUT2D eigenvalue weighted by Crippen LogP contribution is 2.33. The van der Waals surface area contributed by atoms with Crippen LogP contribution in [0.1, 0.15) is 28.5 Å². The van der Waals surface area contributed by atoms with E-state index in [1.54, 1.807) is 24.5 Å². The summed E-state index contributed by atoms with van der Waals surface area (Å²) in [5.74, 6) is 0.575. The summed E-state index contributed by atoms with van der Waals surface area (Å²) in [7, 11) is 1.54. The zero-order chi connectivity index (χ0) is 15.6. The molecule has 21 heavy (non-hydrogen) atoms. The number of ether oxygens (including phenoxy) is 1. The van der Waals surface area contributed by atoms with Crippen LogP contribution in [0, 0.1) is 24.0 Å². The topological polar surface area (TPSA) is 77.3 Å². The summed E-state index contributed by atoms with van der Waals surface area (Å²) in [5.41, 5.74) is 1.61. The van der Waals surface area contributed by atoms with Crippen molar-refractivity contribution in [2.45, 2.75) is 26.8 Å². The fourth-order valence-electron chi connectivity index (χ4n) is 2.17. The van der Waals surface area contributed by atoms with Crippen LogP contribution >= 0.6 is 11.3 Å². The van der Waals surface area contributed by atoms with Gasteiger partial charge in [0, 0.05) is 17.0 Å². The van der Waals surface area contributed by atoms with Crippen molar-refractivity contribution in [1.82, 2.24) is 4.98 Å². The Balaban J connectivity index is 2.31. The minimum Gasteiger partial charge on any atom is -0.495 e. The number of rotatable bonds is 5. The van der Waals surface area contributed by atoms with E-state index in [4.69, 9.17) is 4.74 Å². The van der Waals surface area contributed by atoms with Crippen molar-refractivity contribution in [1.29, 1.82) is 0 Å². The molecule has 0 amide bonds. The van der Waals surface area contributed by atoms with Crippen molar-refractivity contribution in [2.24, 2.45) is 0 Å². The maximum atomic E-state index is 10.9. The van der Waals surface area contributed by atoms with Gasteiger partial charge >= 0.3 is 0 Å². The van der Waals surface area contributed by atoms with E-state index < -0.39 is 4.92 Å². The lowest BCUT2D eigenvalue weighted by molar-refractivity contribution is -0.384. The molecule has 0 spiro atoms. The third-order valence-corrected chi connectivity index (χ3v) is 4.35. The van der Waals surface area contributed by atoms with Gasteiger partial charge in [-0.3, -0.25) is 10.1 Å². The molecule has 1 N–H and O–H groups in total. The molecule has 2 aromatic rings. The molecule has 7 heteroatoms. The number of aryl methyl sites for hydroxylation is 2. The molecule has 2 rings (SSSR count). The average Bonchev–Trinajstić information content (AvgIpc) is 2.77. The number of nitrogens with one attached hydrogen (secondary N) is 1. The van der Waals surface area contributed by atoms with Gasteiger partial charge in [-0.1, -0.05) is 0 Å². The van der Waals surface area contributed by atoms with Crippen LogP contribution < -0.4 is 10.1 Å². The van der Waals surface area contributed by atoms with Crippen LogP contribution in [0.15, 0.2) is 18.2 Å². The van der Waals surface area contributed by atoms with E-state index in [1.165, 1.54) is 12.1 Å². The first-order valence-corrected chi connectivity index (χ1v) is 7.27. The number of methoxy groups -OCH3 is 1. The Kier molecular flexibility index (Phi) is 4.42. The Morgan fingerprint density at radius 3 is 2.67 bits per heavy atom. The summed E-state index contributed by atoms with van der Waals surface area (Å²) < 4.78 is 5.25. The van der Waals surface area contributed by atoms with E-state index in [-0.39, 0.29) is 11.7 Å². The predicted molar refractivity (Wildman–Crippen MR) is 83.3 cm³/mol. The van der Waals surface area contributed by atoms with Gasteiger partial charge in [-0.15, -0.1) is 11.3 Å². The van der Waals surface area contributed by atoms with Crippen LogP contribution in [0.25, 0.3) is 0 Å². The smallest absolute Gasteiger partial charge is 0.271 e. The molecule has 0 saturated carbocycles. The molecule has 0 aliphatic heterocycles. The van der Waals surface area contributed by atoms with Crippen molar-refractivity contribution in [3.05, 3.63) is 43.9 Å². The monoisotopic (exact) mass is 307 g/mol. The summed E-state index contributed by atoms with van der Waals surface area (Å²) in [6, 6.07) is 4.50. The zero-order valence-electron chi connectivity index (χ0n) is 12.3. The Bertz CT molecular complexity index is 669. The molecule has 1 aromatic carbocycles. The Morgan fingerprint density at radius 1 is 1.43 bits per heavy atom. The van der Waals surface area contributed by atoms with Crippen LogP contribution in [-0.4, -0.2) is 17.0 Å². The zero-order valence-corrected chi connectivity index (χ0v) is 13.2. The molecule has 1 unspecified atom stereocenters. The standard InChI is InChI=1S/C14H17N3O3S/c1-8-14(21-10(3)15-8)9(2)16-12-7-11(17(18)19)5-6-13(12)20-4/h5-7,9,16H,1-4H3. The van der Waals surface area contributed by atoms with Crippen LogP contribution in [0.5, 0.6) is 5.75 Å². The lowest BCUT2D eigenvalue weighted by Crippen LogP contribution is -2.08. The molecule has 0 aliphatic carbocycles. The van der Waals surface area contributed by atoms with E-state index in [9.17, 15) is 10.1 Å². The van der Waals surface area contributed by atoms with Gasteiger partial charge in [0.15, 0.2) is 0 Å². The number of non-ortho nitro benzene ring substituents is 1. The van der Waals surface area contributed by atoms with E-state index >= 15 is 0 Å². The molecule has 1 heterocycles. The van der Waals surface area contributed by atoms with Crippen LogP contribution in [0.4, 0.5) is 11.4 Å². The second-order valence-corrected chi connectivity index (χ2v) is 5.93. The number of nitro benzene ring substituents is 1. The van der Waals surface area contributed by atoms with E-state index in [0.717, 1.165) is 15.6 Å². The molecule has 112 valence electrons. The number of aromatic nitrogens is 1. The Labute approximate surface area is 126 Å². The van der Waals surface area contributed by atoms with Crippen LogP contribution in [0.2, 0.25) is 0 Å². The number of thiazole rings is 1. The maximum Gasteiger partial charge on any atom is 0.271 e. The van der Waals surface area contributed by atoms with Crippen molar-refractivity contribution in [3.8, 4) is 5.75 Å². The summed E-state index contributed by atoms with van der Waals surface area (Å²) in [6.45, 7) is 5.92. The van der Waals surface area contributed by atoms with Gasteiger partial charge in [-0.05, 0) is 26.8 Å². The normalized spacial score (nSPS) is 12.0. The maximum absolute atomic E-state index is 10.9. The van der Waals surface area contributed by atoms with Crippen molar-refractivity contribution in [3.63, 3.8) is 0 Å². The van der Waals surface area contributed by atoms with Gasteiger partial charge in [0.1, 0.15) is 5.75 Å². The van der Waals surface area contributed by atoms with Gasteiger partial charge in [0.05, 0.1) is 34.5 Å². The second kappa shape index (κ2) is 6.09. The highest BCUT2D eigenvalue weighted by atomic mass is 32.1. The van der Waals surface area contributed by atoms with Gasteiger partial charge < -0.3 is 10.1 Å². The summed E-state index contributed by atoms with van der Waals surface area (Å²) in [4.78, 5) is 16.0. The lowest BCUT2D eigenvalue weighted by Gasteiger charge is -2.16. The summed E-state index contributed by atoms with van der Waals surface area (Å²) in [5, 5.41) is 15.2. The number of hydrogen-bond donors (Lipinski definition) is 1. The third kappa shape index (κ3) is 3.30. The molecule has 0 aliphatic rings. The third-order valence-electron chi connectivity index (χ3n) is 3.10. The summed E-state index contributed by atoms with van der Waals surface area (Å²) >= 11 is 1.62. The first kappa shape index (κ1) is 15.2. The molecule has 0 fully saturated rings. The highest BCUT2D eigenvalue weighted by molar-refractivity contribution is 7.11. The number of hydrogen-bond acceptors (Lipinski definition) is 6. The van der Waals surface area contributed by atoms with Crippen molar-refractivity contribution >= 4 is 22.7 Å². The largest absolute Gasteiger partial charge is 0.495 e. The first-order valence-electron chi connectivity index (χ1n) is 6.45. The van der Waals surface area contributed by atoms with Crippen molar-refractivity contribution in [2.75, 3.05) is 12.4 Å². The van der Waals surface area contributed by atoms with E-state index in [0.29, 0.717) is 11.4 Å². The van der Waals surface area contributed by atoms with E-state index in [2.05, 4.69) is 10.3 Å². The Hall–Kier alpha value is -2.15. The minimum atomic E-state index is -0.419. The molecule has 6 nitrogen and oxygen atoms in total. The predicted octanol–water partition coefficient (Wildman–Crippen LogP) is 3.85. The highest BCUT2D eigenvalue weighted by Gasteiger charge is 2.17. The lowest BCUT2D eigenvalue weighted by atomic mass is 10.2. The average molecular weight is 307 g/mol. The van der Waals surface area contributed by atoms with Gasteiger partial charge in [0.2, 0.25) is 0 Å². The minimum absolute atomic E-state index is 0.00731. The van der Waals surface area contributed by atoms with Crippen LogP contribution in [-0.2, 0) is 0 Å². The van der Waals surface area contributed by atoms with Crippen LogP contribution in [0.3, 0.4) is 0 Å². The van der Waals surface area contributed by atoms with Crippen molar-refractivity contribution < 1.29 is 9.66 Å². The molecular weight excluding hydrogens is 290 g/mol. The number of benzene rings is 1. The fraction of sp³-hybridized carbons (Fsp3) is 0.357. The quantitative estimate of drug-likeness (QED) is 0.670. The van der Waals surface area contributed by atoms with Gasteiger partial charge in [-0.2, -0.15) is 0 Å². The van der Waals surface area contributed by atoms with Gasteiger partial charge in [-0.25, -0.2) is 4.98 Å². The molecule has 0 radical (unpaired) electrons. The first-order chi connectivity index (χ1) is 9.92.